The lowest BCUT2D eigenvalue weighted by molar-refractivity contribution is -0.218. The maximum Gasteiger partial charge on any atom is 0.146 e. The summed E-state index contributed by atoms with van der Waals surface area (Å²) in [5.74, 6) is 2.53. The van der Waals surface area contributed by atoms with Crippen molar-refractivity contribution < 1.29 is 33.6 Å². The van der Waals surface area contributed by atoms with Crippen molar-refractivity contribution >= 4 is 11.6 Å². The third-order valence-corrected chi connectivity index (χ3v) is 17.0. The van der Waals surface area contributed by atoms with Crippen molar-refractivity contribution in [3.63, 3.8) is 0 Å². The zero-order chi connectivity index (χ0) is 36.5. The van der Waals surface area contributed by atoms with Crippen molar-refractivity contribution in [3.8, 4) is 0 Å². The van der Waals surface area contributed by atoms with Crippen LogP contribution in [-0.2, 0) is 28.5 Å². The Morgan fingerprint density at radius 1 is 0.633 bits per heavy atom. The number of Topliss-reactive ketones (excluding diaryl/α,β-unsaturated/α-hetero) is 2. The predicted octanol–water partition coefficient (Wildman–Crippen LogP) is 8.29. The first-order chi connectivity index (χ1) is 22.8. The standard InChI is InChI=1S/C22H38O4.C20H34O3/c1-14-8-10-22-11-9-16(25-7)18(22)21(14,5)17(26-13-24-6)12-20(3,4)19(23)15(22)2;1-12-7-9-20-10-8-14(23-6)16(20)19(12,5)15(21)11-18(3,4)17(22)13(20)2/h14-18H,8-13H2,1-7H3;12-16,21H,7-11H2,1-6H3/t14-,15+,16-,17-,18?,21+,22?;12-,13+,14-,15-,16?,19+,20?/m11/s1. The summed E-state index contributed by atoms with van der Waals surface area (Å²) >= 11 is 0. The van der Waals surface area contributed by atoms with Crippen LogP contribution in [0.15, 0.2) is 0 Å². The first kappa shape index (κ1) is 39.3. The predicted molar refractivity (Wildman–Crippen MR) is 193 cm³/mol. The van der Waals surface area contributed by atoms with E-state index in [1.54, 1.807) is 14.2 Å². The second-order valence-electron chi connectivity index (χ2n) is 19.6. The molecule has 0 heterocycles. The van der Waals surface area contributed by atoms with Gasteiger partial charge in [-0.15, -0.1) is 0 Å². The highest BCUT2D eigenvalue weighted by atomic mass is 16.7. The minimum atomic E-state index is -0.444. The highest BCUT2D eigenvalue weighted by molar-refractivity contribution is 5.87. The van der Waals surface area contributed by atoms with Crippen LogP contribution in [0.25, 0.3) is 0 Å². The maximum atomic E-state index is 13.5. The van der Waals surface area contributed by atoms with E-state index in [1.165, 1.54) is 0 Å². The number of hydrogen-bond acceptors (Lipinski definition) is 7. The second kappa shape index (κ2) is 13.5. The number of hydrogen-bond donors (Lipinski definition) is 1. The molecule has 14 atom stereocenters. The van der Waals surface area contributed by atoms with Gasteiger partial charge in [0.05, 0.1) is 24.4 Å². The monoisotopic (exact) mass is 689 g/mol. The van der Waals surface area contributed by atoms with Gasteiger partial charge in [-0.1, -0.05) is 69.2 Å². The van der Waals surface area contributed by atoms with E-state index in [0.717, 1.165) is 57.8 Å². The normalized spacial score (nSPS) is 50.2. The van der Waals surface area contributed by atoms with Crippen LogP contribution < -0.4 is 0 Å². The van der Waals surface area contributed by atoms with Crippen LogP contribution in [0.5, 0.6) is 0 Å². The summed E-state index contributed by atoms with van der Waals surface area (Å²) in [4.78, 5) is 26.8. The topological polar surface area (TPSA) is 91.3 Å². The van der Waals surface area contributed by atoms with E-state index in [1.807, 2.05) is 21.0 Å². The highest BCUT2D eigenvalue weighted by Crippen LogP contribution is 2.70. The van der Waals surface area contributed by atoms with E-state index in [-0.39, 0.29) is 69.9 Å². The Labute approximate surface area is 298 Å². The number of ether oxygens (including phenoxy) is 4. The molecule has 0 aromatic carbocycles. The summed E-state index contributed by atoms with van der Waals surface area (Å²) in [5.41, 5.74) is -0.940. The largest absolute Gasteiger partial charge is 0.393 e. The van der Waals surface area contributed by atoms with Gasteiger partial charge in [-0.25, -0.2) is 0 Å². The summed E-state index contributed by atoms with van der Waals surface area (Å²) in [6, 6.07) is 0. The Balaban J connectivity index is 0.000000192. The molecule has 6 saturated carbocycles. The molecule has 0 saturated heterocycles. The van der Waals surface area contributed by atoms with Crippen LogP contribution >= 0.6 is 0 Å². The van der Waals surface area contributed by atoms with E-state index in [2.05, 4.69) is 55.4 Å². The molecule has 6 fully saturated rings. The quantitative estimate of drug-likeness (QED) is 0.291. The number of ketones is 2. The number of rotatable bonds is 5. The van der Waals surface area contributed by atoms with E-state index in [0.29, 0.717) is 35.7 Å². The van der Waals surface area contributed by atoms with Crippen molar-refractivity contribution in [1.82, 2.24) is 0 Å². The van der Waals surface area contributed by atoms with E-state index < -0.39 is 11.5 Å². The molecular formula is C42H72O7. The lowest BCUT2D eigenvalue weighted by atomic mass is 9.44. The Morgan fingerprint density at radius 2 is 1.04 bits per heavy atom. The van der Waals surface area contributed by atoms with Gasteiger partial charge in [0.25, 0.3) is 0 Å². The van der Waals surface area contributed by atoms with E-state index in [4.69, 9.17) is 18.9 Å². The first-order valence-electron chi connectivity index (χ1n) is 19.7. The van der Waals surface area contributed by atoms with Gasteiger partial charge in [0.15, 0.2) is 0 Å². The first-order valence-corrected chi connectivity index (χ1v) is 19.7. The lowest BCUT2D eigenvalue weighted by Crippen LogP contribution is -2.62. The Bertz CT molecular complexity index is 1230. The molecule has 6 aliphatic carbocycles. The average molecular weight is 689 g/mol. The molecule has 4 unspecified atom stereocenters. The molecule has 0 aromatic rings. The van der Waals surface area contributed by atoms with Gasteiger partial charge in [0, 0.05) is 54.8 Å². The van der Waals surface area contributed by atoms with Crippen molar-refractivity contribution in [3.05, 3.63) is 0 Å². The molecular weight excluding hydrogens is 616 g/mol. The fraction of sp³-hybridized carbons (Fsp3) is 0.952. The van der Waals surface area contributed by atoms with Crippen LogP contribution in [0.4, 0.5) is 0 Å². The minimum Gasteiger partial charge on any atom is -0.393 e. The van der Waals surface area contributed by atoms with Crippen LogP contribution in [-0.4, -0.2) is 69.2 Å². The molecule has 282 valence electrons. The Hall–Kier alpha value is -0.860. The third-order valence-electron chi connectivity index (χ3n) is 17.0. The molecule has 1 N–H and O–H groups in total. The molecule has 0 spiro atoms. The zero-order valence-electron chi connectivity index (χ0n) is 33.4. The van der Waals surface area contributed by atoms with Gasteiger partial charge in [-0.2, -0.15) is 0 Å². The van der Waals surface area contributed by atoms with Gasteiger partial charge in [0.2, 0.25) is 0 Å². The number of carbonyl (C=O) groups excluding carboxylic acids is 2. The summed E-state index contributed by atoms with van der Waals surface area (Å²) in [5, 5.41) is 11.2. The Morgan fingerprint density at radius 3 is 1.49 bits per heavy atom. The molecule has 6 rings (SSSR count). The van der Waals surface area contributed by atoms with Crippen molar-refractivity contribution in [2.45, 2.75) is 158 Å². The molecule has 49 heavy (non-hydrogen) atoms. The summed E-state index contributed by atoms with van der Waals surface area (Å²) in [6.07, 6.45) is 10.0. The lowest BCUT2D eigenvalue weighted by Gasteiger charge is -2.62. The molecule has 6 aliphatic rings. The van der Waals surface area contributed by atoms with Gasteiger partial charge < -0.3 is 24.1 Å². The molecule has 0 aromatic heterocycles. The average Bonchev–Trinajstić information content (AvgIpc) is 3.65. The summed E-state index contributed by atoms with van der Waals surface area (Å²) < 4.78 is 23.5. The van der Waals surface area contributed by atoms with Crippen LogP contribution in [0, 0.1) is 68.0 Å². The summed E-state index contributed by atoms with van der Waals surface area (Å²) in [7, 11) is 5.31. The van der Waals surface area contributed by atoms with Crippen molar-refractivity contribution in [2.24, 2.45) is 68.0 Å². The summed E-state index contributed by atoms with van der Waals surface area (Å²) in [6.45, 7) is 22.3. The zero-order valence-corrected chi connectivity index (χ0v) is 33.4. The van der Waals surface area contributed by atoms with E-state index in [9.17, 15) is 14.7 Å². The molecule has 4 bridgehead atoms. The fourth-order valence-electron chi connectivity index (χ4n) is 13.6. The Kier molecular flexibility index (Phi) is 10.9. The molecule has 0 amide bonds. The number of carbonyl (C=O) groups is 2. The van der Waals surface area contributed by atoms with Crippen LogP contribution in [0.2, 0.25) is 0 Å². The highest BCUT2D eigenvalue weighted by Gasteiger charge is 2.69. The minimum absolute atomic E-state index is 0.00400. The van der Waals surface area contributed by atoms with Gasteiger partial charge in [0.1, 0.15) is 18.4 Å². The fourth-order valence-corrected chi connectivity index (χ4v) is 13.6. The molecule has 7 heteroatoms. The SMILES string of the molecule is COCO[C@@H]1CC(C)(C)C(=O)[C@H](C)C23CC[C@@H](C)[C@]1(C)C2[C@H](OC)CC3.CO[C@@H]1CCC23CC[C@@H](C)[C@](C)(C12)[C@H](O)CC(C)(C)C(=O)[C@@H]3C. The number of methoxy groups -OCH3 is 3. The maximum absolute atomic E-state index is 13.5. The van der Waals surface area contributed by atoms with Crippen LogP contribution in [0.3, 0.4) is 0 Å². The molecule has 0 aliphatic heterocycles. The van der Waals surface area contributed by atoms with Crippen molar-refractivity contribution in [2.75, 3.05) is 28.1 Å². The van der Waals surface area contributed by atoms with Gasteiger partial charge in [-0.3, -0.25) is 9.59 Å². The number of aliphatic hydroxyl groups is 1. The molecule has 7 nitrogen and oxygen atoms in total. The number of aliphatic hydroxyl groups excluding tert-OH is 1. The van der Waals surface area contributed by atoms with Crippen molar-refractivity contribution in [1.29, 1.82) is 0 Å². The third kappa shape index (κ3) is 5.76. The van der Waals surface area contributed by atoms with Gasteiger partial charge >= 0.3 is 0 Å². The molecule has 0 radical (unpaired) electrons. The second-order valence-corrected chi connectivity index (χ2v) is 19.6. The van der Waals surface area contributed by atoms with Crippen LogP contribution in [0.1, 0.15) is 133 Å². The smallest absolute Gasteiger partial charge is 0.146 e. The van der Waals surface area contributed by atoms with Gasteiger partial charge in [-0.05, 0) is 98.7 Å². The van der Waals surface area contributed by atoms with E-state index >= 15 is 0 Å².